The molecule has 4 nitrogen and oxygen atoms in total. The van der Waals surface area contributed by atoms with Crippen LogP contribution in [0.2, 0.25) is 0 Å². The van der Waals surface area contributed by atoms with Crippen LogP contribution >= 0.6 is 0 Å². The van der Waals surface area contributed by atoms with E-state index in [1.54, 1.807) is 6.33 Å². The minimum absolute atomic E-state index is 0.359. The molecule has 1 aromatic rings. The van der Waals surface area contributed by atoms with Crippen molar-refractivity contribution in [3.63, 3.8) is 0 Å². The van der Waals surface area contributed by atoms with Crippen molar-refractivity contribution in [1.29, 1.82) is 0 Å². The first-order valence-electron chi connectivity index (χ1n) is 5.30. The molecule has 0 fully saturated rings. The molecule has 0 aliphatic heterocycles. The first-order chi connectivity index (χ1) is 7.20. The second kappa shape index (κ2) is 5.53. The molecule has 0 radical (unpaired) electrons. The van der Waals surface area contributed by atoms with E-state index in [4.69, 9.17) is 0 Å². The van der Waals surface area contributed by atoms with E-state index in [9.17, 15) is 4.79 Å². The molecule has 0 saturated carbocycles. The Morgan fingerprint density at radius 3 is 2.87 bits per heavy atom. The molecular weight excluding hydrogens is 192 g/mol. The molecule has 0 amide bonds. The van der Waals surface area contributed by atoms with Gasteiger partial charge in [-0.15, -0.1) is 0 Å². The van der Waals surface area contributed by atoms with E-state index >= 15 is 0 Å². The predicted molar refractivity (Wildman–Crippen MR) is 57.8 cm³/mol. The Morgan fingerprint density at radius 2 is 2.27 bits per heavy atom. The fraction of sp³-hybridized carbons (Fsp3) is 0.636. The Balaban J connectivity index is 2.67. The van der Waals surface area contributed by atoms with E-state index < -0.39 is 0 Å². The van der Waals surface area contributed by atoms with Gasteiger partial charge in [-0.2, -0.15) is 0 Å². The van der Waals surface area contributed by atoms with E-state index in [-0.39, 0.29) is 5.97 Å². The number of rotatable bonds is 5. The molecule has 0 aliphatic rings. The van der Waals surface area contributed by atoms with Crippen LogP contribution in [-0.4, -0.2) is 22.6 Å². The van der Waals surface area contributed by atoms with Gasteiger partial charge in [0.2, 0.25) is 0 Å². The van der Waals surface area contributed by atoms with Gasteiger partial charge < -0.3 is 9.30 Å². The van der Waals surface area contributed by atoms with Crippen molar-refractivity contribution in [1.82, 2.24) is 9.55 Å². The van der Waals surface area contributed by atoms with E-state index in [0.717, 1.165) is 18.7 Å². The molecule has 15 heavy (non-hydrogen) atoms. The van der Waals surface area contributed by atoms with Crippen LogP contribution in [0.25, 0.3) is 0 Å². The average molecular weight is 210 g/mol. The van der Waals surface area contributed by atoms with E-state index in [2.05, 4.69) is 16.6 Å². The number of aryl methyl sites for hydroxylation is 1. The third-order valence-electron chi connectivity index (χ3n) is 2.48. The van der Waals surface area contributed by atoms with Crippen LogP contribution in [0.1, 0.15) is 42.4 Å². The number of imidazole rings is 1. The number of ether oxygens (including phenoxy) is 1. The molecule has 1 heterocycles. The van der Waals surface area contributed by atoms with Gasteiger partial charge in [0.1, 0.15) is 0 Å². The van der Waals surface area contributed by atoms with Gasteiger partial charge in [-0.25, -0.2) is 9.78 Å². The van der Waals surface area contributed by atoms with Crippen molar-refractivity contribution in [3.05, 3.63) is 17.7 Å². The zero-order chi connectivity index (χ0) is 11.3. The van der Waals surface area contributed by atoms with Crippen LogP contribution in [0.3, 0.4) is 0 Å². The van der Waals surface area contributed by atoms with Crippen molar-refractivity contribution in [2.45, 2.75) is 39.7 Å². The number of nitrogens with zero attached hydrogens (tertiary/aromatic N) is 2. The molecule has 0 aliphatic carbocycles. The fourth-order valence-corrected chi connectivity index (χ4v) is 1.50. The van der Waals surface area contributed by atoms with Gasteiger partial charge in [-0.1, -0.05) is 19.8 Å². The van der Waals surface area contributed by atoms with Crippen molar-refractivity contribution < 1.29 is 9.53 Å². The lowest BCUT2D eigenvalue weighted by Gasteiger charge is -2.04. The van der Waals surface area contributed by atoms with Gasteiger partial charge in [0.25, 0.3) is 0 Å². The number of unbranched alkanes of at least 4 members (excludes halogenated alkanes) is 2. The largest absolute Gasteiger partial charge is 0.464 e. The van der Waals surface area contributed by atoms with Gasteiger partial charge in [-0.05, 0) is 13.3 Å². The van der Waals surface area contributed by atoms with E-state index in [1.807, 2.05) is 11.5 Å². The maximum Gasteiger partial charge on any atom is 0.358 e. The Hall–Kier alpha value is -1.32. The summed E-state index contributed by atoms with van der Waals surface area (Å²) in [6.45, 7) is 4.98. The third-order valence-corrected chi connectivity index (χ3v) is 2.48. The highest BCUT2D eigenvalue weighted by atomic mass is 16.5. The molecule has 0 bridgehead atoms. The van der Waals surface area contributed by atoms with Crippen LogP contribution < -0.4 is 0 Å². The molecule has 0 aromatic carbocycles. The Kier molecular flexibility index (Phi) is 4.34. The van der Waals surface area contributed by atoms with E-state index in [0.29, 0.717) is 5.69 Å². The van der Waals surface area contributed by atoms with Crippen LogP contribution in [0, 0.1) is 6.92 Å². The number of carbonyl (C=O) groups is 1. The maximum absolute atomic E-state index is 11.3. The smallest absolute Gasteiger partial charge is 0.358 e. The van der Waals surface area contributed by atoms with Gasteiger partial charge in [0, 0.05) is 12.2 Å². The van der Waals surface area contributed by atoms with Gasteiger partial charge in [0.05, 0.1) is 13.4 Å². The molecular formula is C11H18N2O2. The normalized spacial score (nSPS) is 10.3. The summed E-state index contributed by atoms with van der Waals surface area (Å²) in [6.07, 6.45) is 5.22. The van der Waals surface area contributed by atoms with Crippen molar-refractivity contribution >= 4 is 5.97 Å². The number of esters is 1. The monoisotopic (exact) mass is 210 g/mol. The fourth-order valence-electron chi connectivity index (χ4n) is 1.50. The summed E-state index contributed by atoms with van der Waals surface area (Å²) in [6, 6.07) is 0. The van der Waals surface area contributed by atoms with Crippen molar-refractivity contribution in [2.75, 3.05) is 7.11 Å². The molecule has 1 rings (SSSR count). The molecule has 1 aromatic heterocycles. The lowest BCUT2D eigenvalue weighted by Crippen LogP contribution is -2.06. The van der Waals surface area contributed by atoms with Gasteiger partial charge >= 0.3 is 5.97 Å². The summed E-state index contributed by atoms with van der Waals surface area (Å²) >= 11 is 0. The van der Waals surface area contributed by atoms with Crippen molar-refractivity contribution in [3.8, 4) is 0 Å². The molecule has 0 atom stereocenters. The second-order valence-corrected chi connectivity index (χ2v) is 3.57. The number of carbonyl (C=O) groups excluding carboxylic acids is 1. The standard InChI is InChI=1S/C11H18N2O2/c1-4-5-6-7-13-8-12-10(9(13)2)11(14)15-3/h8H,4-7H2,1-3H3. The maximum atomic E-state index is 11.3. The topological polar surface area (TPSA) is 44.1 Å². The summed E-state index contributed by atoms with van der Waals surface area (Å²) in [7, 11) is 1.37. The predicted octanol–water partition coefficient (Wildman–Crippen LogP) is 2.17. The average Bonchev–Trinajstić information content (AvgIpc) is 2.60. The van der Waals surface area contributed by atoms with Crippen molar-refractivity contribution in [2.24, 2.45) is 0 Å². The molecule has 0 saturated heterocycles. The minimum Gasteiger partial charge on any atom is -0.464 e. The number of methoxy groups -OCH3 is 1. The minimum atomic E-state index is -0.359. The summed E-state index contributed by atoms with van der Waals surface area (Å²) in [4.78, 5) is 15.3. The molecule has 0 unspecified atom stereocenters. The second-order valence-electron chi connectivity index (χ2n) is 3.57. The number of hydrogen-bond donors (Lipinski definition) is 0. The summed E-state index contributed by atoms with van der Waals surface area (Å²) < 4.78 is 6.64. The highest BCUT2D eigenvalue weighted by Crippen LogP contribution is 2.09. The molecule has 0 N–H and O–H groups in total. The van der Waals surface area contributed by atoms with Crippen LogP contribution in [-0.2, 0) is 11.3 Å². The third kappa shape index (κ3) is 2.81. The lowest BCUT2D eigenvalue weighted by molar-refractivity contribution is 0.0593. The van der Waals surface area contributed by atoms with Gasteiger partial charge in [-0.3, -0.25) is 0 Å². The first-order valence-corrected chi connectivity index (χ1v) is 5.30. The molecule has 4 heteroatoms. The zero-order valence-electron chi connectivity index (χ0n) is 9.62. The Bertz CT molecular complexity index is 331. The Labute approximate surface area is 90.3 Å². The van der Waals surface area contributed by atoms with Crippen LogP contribution in [0.15, 0.2) is 6.33 Å². The van der Waals surface area contributed by atoms with Gasteiger partial charge in [0.15, 0.2) is 5.69 Å². The summed E-state index contributed by atoms with van der Waals surface area (Å²) in [5.74, 6) is -0.359. The molecule has 84 valence electrons. The highest BCUT2D eigenvalue weighted by Gasteiger charge is 2.14. The summed E-state index contributed by atoms with van der Waals surface area (Å²) in [5.41, 5.74) is 1.31. The number of hydrogen-bond acceptors (Lipinski definition) is 3. The lowest BCUT2D eigenvalue weighted by atomic mass is 10.2. The highest BCUT2D eigenvalue weighted by molar-refractivity contribution is 5.88. The van der Waals surface area contributed by atoms with Crippen LogP contribution in [0.5, 0.6) is 0 Å². The number of aromatic nitrogens is 2. The SMILES string of the molecule is CCCCCn1cnc(C(=O)OC)c1C. The Morgan fingerprint density at radius 1 is 1.53 bits per heavy atom. The quantitative estimate of drug-likeness (QED) is 0.552. The molecule has 0 spiro atoms. The van der Waals surface area contributed by atoms with Crippen LogP contribution in [0.4, 0.5) is 0 Å². The summed E-state index contributed by atoms with van der Waals surface area (Å²) in [5, 5.41) is 0. The first kappa shape index (κ1) is 11.8. The zero-order valence-corrected chi connectivity index (χ0v) is 9.62. The van der Waals surface area contributed by atoms with E-state index in [1.165, 1.54) is 20.0 Å².